The van der Waals surface area contributed by atoms with Crippen molar-refractivity contribution in [2.75, 3.05) is 11.1 Å². The van der Waals surface area contributed by atoms with Gasteiger partial charge >= 0.3 is 5.69 Å². The number of nitrogens with two attached hydrogens (primary N) is 1. The summed E-state index contributed by atoms with van der Waals surface area (Å²) in [6.07, 6.45) is 0. The lowest BCUT2D eigenvalue weighted by Crippen LogP contribution is -2.12. The molecule has 0 saturated heterocycles. The zero-order chi connectivity index (χ0) is 15.0. The molecule has 5 N–H and O–H groups in total. The minimum Gasteiger partial charge on any atom is -0.399 e. The third-order valence-corrected chi connectivity index (χ3v) is 3.32. The highest BCUT2D eigenvalue weighted by atomic mass is 35.5. The van der Waals surface area contributed by atoms with Crippen LogP contribution in [0.3, 0.4) is 0 Å². The highest BCUT2D eigenvalue weighted by Gasteiger charge is 2.11. The second kappa shape index (κ2) is 4.99. The van der Waals surface area contributed by atoms with Crippen molar-refractivity contribution in [3.8, 4) is 0 Å². The molecule has 1 aromatic heterocycles. The van der Waals surface area contributed by atoms with Gasteiger partial charge < -0.3 is 21.0 Å². The van der Waals surface area contributed by atoms with E-state index in [1.165, 1.54) is 6.07 Å². The number of hydrogen-bond acceptors (Lipinski definition) is 3. The van der Waals surface area contributed by atoms with Crippen LogP contribution in [-0.2, 0) is 0 Å². The molecule has 1 amide bonds. The molecule has 0 fully saturated rings. The molecule has 2 aromatic carbocycles. The van der Waals surface area contributed by atoms with Crippen molar-refractivity contribution in [1.29, 1.82) is 0 Å². The van der Waals surface area contributed by atoms with Crippen molar-refractivity contribution in [2.45, 2.75) is 0 Å². The number of nitrogens with one attached hydrogen (secondary N) is 3. The van der Waals surface area contributed by atoms with Crippen LogP contribution in [0.1, 0.15) is 10.4 Å². The topological polar surface area (TPSA) is 104 Å². The number of amides is 1. The predicted molar refractivity (Wildman–Crippen MR) is 82.7 cm³/mol. The molecule has 0 unspecified atom stereocenters. The summed E-state index contributed by atoms with van der Waals surface area (Å²) in [6.45, 7) is 0. The summed E-state index contributed by atoms with van der Waals surface area (Å²) in [5.74, 6) is -0.350. The van der Waals surface area contributed by atoms with Crippen LogP contribution in [0.5, 0.6) is 0 Å². The maximum absolute atomic E-state index is 12.2. The molecule has 6 nitrogen and oxygen atoms in total. The lowest BCUT2D eigenvalue weighted by atomic mass is 10.2. The van der Waals surface area contributed by atoms with E-state index in [9.17, 15) is 9.59 Å². The molecule has 0 bridgehead atoms. The van der Waals surface area contributed by atoms with Crippen LogP contribution in [0.4, 0.5) is 11.4 Å². The SMILES string of the molecule is Nc1ccc(C(=O)Nc2ccc3[nH]c(=O)[nH]c3c2)c(Cl)c1. The number of hydrogen-bond donors (Lipinski definition) is 4. The Morgan fingerprint density at radius 2 is 1.86 bits per heavy atom. The van der Waals surface area contributed by atoms with Crippen LogP contribution in [-0.4, -0.2) is 15.9 Å². The molecule has 0 aliphatic heterocycles. The largest absolute Gasteiger partial charge is 0.399 e. The molecule has 0 spiro atoms. The minimum absolute atomic E-state index is 0.281. The van der Waals surface area contributed by atoms with Gasteiger partial charge in [0.05, 0.1) is 21.6 Å². The van der Waals surface area contributed by atoms with Gasteiger partial charge in [-0.15, -0.1) is 0 Å². The Balaban J connectivity index is 1.90. The molecule has 106 valence electrons. The van der Waals surface area contributed by atoms with E-state index in [1.807, 2.05) is 0 Å². The molecule has 1 heterocycles. The molecular formula is C14H11ClN4O2. The van der Waals surface area contributed by atoms with Gasteiger partial charge in [0.1, 0.15) is 0 Å². The van der Waals surface area contributed by atoms with E-state index in [-0.39, 0.29) is 16.6 Å². The Labute approximate surface area is 123 Å². The summed E-state index contributed by atoms with van der Waals surface area (Å²) in [4.78, 5) is 28.6. The minimum atomic E-state index is -0.350. The summed E-state index contributed by atoms with van der Waals surface area (Å²) in [5, 5.41) is 3.00. The number of aromatic amines is 2. The number of aromatic nitrogens is 2. The molecule has 0 aliphatic rings. The number of halogens is 1. The standard InChI is InChI=1S/C14H11ClN4O2/c15-10-5-7(16)1-3-9(10)13(20)17-8-2-4-11-12(6-8)19-14(21)18-11/h1-6H,16H2,(H,17,20)(H2,18,19,21). The van der Waals surface area contributed by atoms with Crippen molar-refractivity contribution < 1.29 is 4.79 Å². The summed E-state index contributed by atoms with van der Waals surface area (Å²) >= 11 is 6.00. The maximum Gasteiger partial charge on any atom is 0.323 e. The molecule has 0 saturated carbocycles. The first kappa shape index (κ1) is 13.3. The number of H-pyrrole nitrogens is 2. The van der Waals surface area contributed by atoms with Crippen molar-refractivity contribution in [1.82, 2.24) is 9.97 Å². The Bertz CT molecular complexity index is 897. The second-order valence-corrected chi connectivity index (χ2v) is 4.94. The lowest BCUT2D eigenvalue weighted by molar-refractivity contribution is 0.102. The van der Waals surface area contributed by atoms with E-state index < -0.39 is 0 Å². The molecule has 0 aliphatic carbocycles. The first-order valence-corrected chi connectivity index (χ1v) is 6.49. The van der Waals surface area contributed by atoms with Crippen LogP contribution in [0.15, 0.2) is 41.2 Å². The zero-order valence-corrected chi connectivity index (χ0v) is 11.5. The van der Waals surface area contributed by atoms with Gasteiger partial charge in [0, 0.05) is 11.4 Å². The predicted octanol–water partition coefficient (Wildman–Crippen LogP) is 2.34. The molecule has 3 aromatic rings. The average Bonchev–Trinajstić information content (AvgIpc) is 2.77. The smallest absolute Gasteiger partial charge is 0.323 e. The van der Waals surface area contributed by atoms with Gasteiger partial charge in [-0.1, -0.05) is 11.6 Å². The van der Waals surface area contributed by atoms with E-state index in [1.54, 1.807) is 30.3 Å². The number of carbonyl (C=O) groups is 1. The van der Waals surface area contributed by atoms with Gasteiger partial charge in [0.25, 0.3) is 5.91 Å². The van der Waals surface area contributed by atoms with Gasteiger partial charge in [-0.25, -0.2) is 4.79 Å². The van der Waals surface area contributed by atoms with E-state index in [4.69, 9.17) is 17.3 Å². The summed E-state index contributed by atoms with van der Waals surface area (Å²) in [5.41, 5.74) is 7.94. The Hall–Kier alpha value is -2.73. The van der Waals surface area contributed by atoms with Crippen LogP contribution >= 0.6 is 11.6 Å². The number of carbonyl (C=O) groups excluding carboxylic acids is 1. The maximum atomic E-state index is 12.2. The van der Waals surface area contributed by atoms with Crippen LogP contribution in [0.25, 0.3) is 11.0 Å². The number of benzene rings is 2. The van der Waals surface area contributed by atoms with Crippen molar-refractivity contribution >= 4 is 39.9 Å². The van der Waals surface area contributed by atoms with Crippen LogP contribution < -0.4 is 16.7 Å². The van der Waals surface area contributed by atoms with Crippen molar-refractivity contribution in [3.63, 3.8) is 0 Å². The summed E-state index contributed by atoms with van der Waals surface area (Å²) in [6, 6.07) is 9.74. The number of imidazole rings is 1. The Morgan fingerprint density at radius 3 is 2.62 bits per heavy atom. The third-order valence-electron chi connectivity index (χ3n) is 3.01. The Morgan fingerprint density at radius 1 is 1.10 bits per heavy atom. The molecule has 7 heteroatoms. The molecule has 21 heavy (non-hydrogen) atoms. The monoisotopic (exact) mass is 302 g/mol. The van der Waals surface area contributed by atoms with Gasteiger partial charge in [-0.2, -0.15) is 0 Å². The van der Waals surface area contributed by atoms with Gasteiger partial charge in [0.15, 0.2) is 0 Å². The highest BCUT2D eigenvalue weighted by Crippen LogP contribution is 2.21. The quantitative estimate of drug-likeness (QED) is 0.546. The average molecular weight is 303 g/mol. The summed E-state index contributed by atoms with van der Waals surface area (Å²) in [7, 11) is 0. The summed E-state index contributed by atoms with van der Waals surface area (Å²) < 4.78 is 0. The number of rotatable bonds is 2. The first-order valence-electron chi connectivity index (χ1n) is 6.11. The van der Waals surface area contributed by atoms with Gasteiger partial charge in [0.2, 0.25) is 0 Å². The van der Waals surface area contributed by atoms with E-state index >= 15 is 0 Å². The van der Waals surface area contributed by atoms with Crippen molar-refractivity contribution in [2.24, 2.45) is 0 Å². The van der Waals surface area contributed by atoms with Crippen LogP contribution in [0, 0.1) is 0 Å². The van der Waals surface area contributed by atoms with Crippen LogP contribution in [0.2, 0.25) is 5.02 Å². The van der Waals surface area contributed by atoms with Gasteiger partial charge in [-0.3, -0.25) is 4.79 Å². The fourth-order valence-corrected chi connectivity index (χ4v) is 2.30. The lowest BCUT2D eigenvalue weighted by Gasteiger charge is -2.07. The van der Waals surface area contributed by atoms with Gasteiger partial charge in [-0.05, 0) is 36.4 Å². The van der Waals surface area contributed by atoms with E-state index in [2.05, 4.69) is 15.3 Å². The second-order valence-electron chi connectivity index (χ2n) is 4.53. The fraction of sp³-hybridized carbons (Fsp3) is 0. The van der Waals surface area contributed by atoms with Crippen molar-refractivity contribution in [3.05, 3.63) is 57.5 Å². The first-order chi connectivity index (χ1) is 10.0. The third kappa shape index (κ3) is 2.61. The Kier molecular flexibility index (Phi) is 3.15. The normalized spacial score (nSPS) is 10.7. The van der Waals surface area contributed by atoms with E-state index in [0.717, 1.165) is 0 Å². The molecule has 3 rings (SSSR count). The number of nitrogen functional groups attached to an aromatic ring is 1. The zero-order valence-electron chi connectivity index (χ0n) is 10.7. The van der Waals surface area contributed by atoms with E-state index in [0.29, 0.717) is 28.0 Å². The number of fused-ring (bicyclic) bond motifs is 1. The molecule has 0 atom stereocenters. The highest BCUT2D eigenvalue weighted by molar-refractivity contribution is 6.34. The fourth-order valence-electron chi connectivity index (χ4n) is 2.02. The molecular weight excluding hydrogens is 292 g/mol. The number of anilines is 2. The molecule has 0 radical (unpaired) electrons.